The van der Waals surface area contributed by atoms with Crippen LogP contribution < -0.4 is 9.80 Å². The molecule has 222 valence electrons. The SMILES string of the molecule is CCC1CC(N(Cc2cc(C(F)(F)F)cc(C(F)(F)F)c2)c2nnn(C)n2)c2cc(C(F)(F)F)ccc2N1C(=O)O. The molecule has 0 radical (unpaired) electrons. The minimum Gasteiger partial charge on any atom is -0.465 e. The van der Waals surface area contributed by atoms with Gasteiger partial charge in [0.15, 0.2) is 0 Å². The van der Waals surface area contributed by atoms with E-state index in [1.54, 1.807) is 6.92 Å². The van der Waals surface area contributed by atoms with E-state index in [4.69, 9.17) is 0 Å². The highest BCUT2D eigenvalue weighted by atomic mass is 19.4. The summed E-state index contributed by atoms with van der Waals surface area (Å²) in [5.74, 6) is -0.300. The van der Waals surface area contributed by atoms with E-state index in [-0.39, 0.29) is 36.1 Å². The summed E-state index contributed by atoms with van der Waals surface area (Å²) >= 11 is 0. The molecule has 3 aromatic rings. The minimum atomic E-state index is -5.14. The van der Waals surface area contributed by atoms with Crippen molar-refractivity contribution in [2.75, 3.05) is 9.80 Å². The molecule has 1 aromatic heterocycles. The monoisotopic (exact) mass is 596 g/mol. The predicted octanol–water partition coefficient (Wildman–Crippen LogP) is 6.68. The van der Waals surface area contributed by atoms with Gasteiger partial charge in [0.2, 0.25) is 0 Å². The van der Waals surface area contributed by atoms with Crippen LogP contribution in [-0.2, 0) is 32.1 Å². The summed E-state index contributed by atoms with van der Waals surface area (Å²) in [4.78, 5) is 15.1. The number of hydrogen-bond acceptors (Lipinski definition) is 5. The number of nitrogens with zero attached hydrogens (tertiary/aromatic N) is 6. The average molecular weight is 596 g/mol. The summed E-state index contributed by atoms with van der Waals surface area (Å²) in [6, 6.07) is 1.31. The van der Waals surface area contributed by atoms with Gasteiger partial charge in [0.25, 0.3) is 5.95 Å². The number of halogens is 9. The maximum Gasteiger partial charge on any atom is 0.416 e. The number of carbonyl (C=O) groups is 1. The first-order chi connectivity index (χ1) is 18.9. The van der Waals surface area contributed by atoms with E-state index in [0.717, 1.165) is 20.7 Å². The molecule has 0 saturated carbocycles. The zero-order valence-corrected chi connectivity index (χ0v) is 21.2. The van der Waals surface area contributed by atoms with Gasteiger partial charge in [-0.25, -0.2) is 4.79 Å². The fourth-order valence-electron chi connectivity index (χ4n) is 4.82. The van der Waals surface area contributed by atoms with Gasteiger partial charge in [-0.15, -0.1) is 5.10 Å². The molecule has 2 aromatic carbocycles. The van der Waals surface area contributed by atoms with Crippen molar-refractivity contribution in [3.8, 4) is 0 Å². The highest BCUT2D eigenvalue weighted by Gasteiger charge is 2.42. The van der Waals surface area contributed by atoms with Crippen molar-refractivity contribution in [2.24, 2.45) is 7.05 Å². The Balaban J connectivity index is 1.93. The van der Waals surface area contributed by atoms with Crippen LogP contribution in [0.4, 0.5) is 55.9 Å². The quantitative estimate of drug-likeness (QED) is 0.331. The maximum atomic E-state index is 13.7. The molecule has 17 heteroatoms. The normalized spacial score (nSPS) is 17.9. The van der Waals surface area contributed by atoms with Crippen molar-refractivity contribution in [2.45, 2.75) is 56.9 Å². The molecule has 0 spiro atoms. The van der Waals surface area contributed by atoms with Gasteiger partial charge in [-0.05, 0) is 65.6 Å². The van der Waals surface area contributed by atoms with E-state index in [1.165, 1.54) is 7.05 Å². The highest BCUT2D eigenvalue weighted by Crippen LogP contribution is 2.46. The Morgan fingerprint density at radius 2 is 1.54 bits per heavy atom. The van der Waals surface area contributed by atoms with Gasteiger partial charge >= 0.3 is 24.6 Å². The third kappa shape index (κ3) is 6.17. The van der Waals surface area contributed by atoms with Crippen LogP contribution in [0, 0.1) is 0 Å². The second kappa shape index (κ2) is 10.4. The Bertz CT molecular complexity index is 1400. The van der Waals surface area contributed by atoms with Gasteiger partial charge in [0, 0.05) is 12.6 Å². The summed E-state index contributed by atoms with van der Waals surface area (Å²) in [6.45, 7) is 0.919. The number of alkyl halides is 9. The van der Waals surface area contributed by atoms with Crippen LogP contribution in [0.25, 0.3) is 0 Å². The highest BCUT2D eigenvalue weighted by molar-refractivity contribution is 5.89. The molecule has 0 aliphatic carbocycles. The first-order valence-electron chi connectivity index (χ1n) is 11.9. The third-order valence-corrected chi connectivity index (χ3v) is 6.64. The second-order valence-corrected chi connectivity index (χ2v) is 9.36. The lowest BCUT2D eigenvalue weighted by Crippen LogP contribution is -2.47. The van der Waals surface area contributed by atoms with Crippen LogP contribution in [0.1, 0.15) is 53.6 Å². The van der Waals surface area contributed by atoms with Crippen molar-refractivity contribution in [1.82, 2.24) is 20.2 Å². The smallest absolute Gasteiger partial charge is 0.416 e. The molecule has 1 amide bonds. The Hall–Kier alpha value is -4.05. The Morgan fingerprint density at radius 3 is 2.00 bits per heavy atom. The van der Waals surface area contributed by atoms with Gasteiger partial charge in [0.1, 0.15) is 0 Å². The molecule has 8 nitrogen and oxygen atoms in total. The van der Waals surface area contributed by atoms with E-state index < -0.39 is 65.5 Å². The molecule has 1 N–H and O–H groups in total. The summed E-state index contributed by atoms with van der Waals surface area (Å²) < 4.78 is 122. The Morgan fingerprint density at radius 1 is 0.951 bits per heavy atom. The molecule has 2 atom stereocenters. The standard InChI is InChI=1S/C24H21F9N6O2/c1-3-16-10-19(17-9-13(22(25,26)27)4-5-18(17)39(16)21(40)41)38(20-34-36-37(2)35-20)11-12-6-14(23(28,29)30)8-15(7-12)24(31,32)33/h4-9,16,19H,3,10-11H2,1-2H3,(H,40,41). The predicted molar refractivity (Wildman–Crippen MR) is 125 cm³/mol. The van der Waals surface area contributed by atoms with Crippen LogP contribution in [0.2, 0.25) is 0 Å². The second-order valence-electron chi connectivity index (χ2n) is 9.36. The first kappa shape index (κ1) is 29.9. The molecule has 0 saturated heterocycles. The molecule has 1 aliphatic rings. The third-order valence-electron chi connectivity index (χ3n) is 6.64. The number of rotatable bonds is 5. The van der Waals surface area contributed by atoms with Crippen LogP contribution in [-0.4, -0.2) is 37.4 Å². The van der Waals surface area contributed by atoms with E-state index >= 15 is 0 Å². The number of tetrazole rings is 1. The number of benzene rings is 2. The van der Waals surface area contributed by atoms with Crippen LogP contribution in [0.5, 0.6) is 0 Å². The first-order valence-corrected chi connectivity index (χ1v) is 11.9. The molecule has 1 aliphatic heterocycles. The zero-order chi connectivity index (χ0) is 30.5. The lowest BCUT2D eigenvalue weighted by atomic mass is 9.87. The van der Waals surface area contributed by atoms with Gasteiger partial charge < -0.3 is 10.0 Å². The van der Waals surface area contributed by atoms with Gasteiger partial charge in [0.05, 0.1) is 35.5 Å². The number of fused-ring (bicyclic) bond motifs is 1. The van der Waals surface area contributed by atoms with Crippen molar-refractivity contribution in [3.05, 3.63) is 64.2 Å². The summed E-state index contributed by atoms with van der Waals surface area (Å²) in [5, 5.41) is 21.3. The van der Waals surface area contributed by atoms with Crippen LogP contribution in [0.3, 0.4) is 0 Å². The molecule has 0 fully saturated rings. The molecule has 2 heterocycles. The van der Waals surface area contributed by atoms with Gasteiger partial charge in [-0.3, -0.25) is 4.90 Å². The molecule has 4 rings (SSSR count). The van der Waals surface area contributed by atoms with Crippen molar-refractivity contribution >= 4 is 17.7 Å². The van der Waals surface area contributed by atoms with Gasteiger partial charge in [-0.2, -0.15) is 44.3 Å². The summed E-state index contributed by atoms with van der Waals surface area (Å²) in [6.07, 6.45) is -16.6. The van der Waals surface area contributed by atoms with Gasteiger partial charge in [-0.1, -0.05) is 12.0 Å². The minimum absolute atomic E-state index is 0.0439. The number of aromatic nitrogens is 4. The summed E-state index contributed by atoms with van der Waals surface area (Å²) in [5.41, 5.74) is -5.08. The Labute approximate surface area is 226 Å². The van der Waals surface area contributed by atoms with Crippen molar-refractivity contribution in [3.63, 3.8) is 0 Å². The Kier molecular flexibility index (Phi) is 7.60. The number of carboxylic acid groups (broad SMARTS) is 1. The van der Waals surface area contributed by atoms with Crippen molar-refractivity contribution in [1.29, 1.82) is 0 Å². The lowest BCUT2D eigenvalue weighted by molar-refractivity contribution is -0.143. The maximum absolute atomic E-state index is 13.7. The molecule has 2 unspecified atom stereocenters. The van der Waals surface area contributed by atoms with E-state index in [0.29, 0.717) is 24.3 Å². The number of hydrogen-bond donors (Lipinski definition) is 1. The molecular formula is C24H21F9N6O2. The summed E-state index contributed by atoms with van der Waals surface area (Å²) in [7, 11) is 1.33. The van der Waals surface area contributed by atoms with Crippen molar-refractivity contribution < 1.29 is 49.4 Å². The number of anilines is 2. The van der Waals surface area contributed by atoms with Crippen LogP contribution >= 0.6 is 0 Å². The number of aryl methyl sites for hydroxylation is 1. The fraction of sp³-hybridized carbons (Fsp3) is 0.417. The molecule has 41 heavy (non-hydrogen) atoms. The molecule has 0 bridgehead atoms. The zero-order valence-electron chi connectivity index (χ0n) is 21.2. The fourth-order valence-corrected chi connectivity index (χ4v) is 4.82. The number of amides is 1. The van der Waals surface area contributed by atoms with E-state index in [1.807, 2.05) is 0 Å². The largest absolute Gasteiger partial charge is 0.465 e. The van der Waals surface area contributed by atoms with Crippen LogP contribution in [0.15, 0.2) is 36.4 Å². The topological polar surface area (TPSA) is 87.4 Å². The van der Waals surface area contributed by atoms with E-state index in [2.05, 4.69) is 15.4 Å². The average Bonchev–Trinajstić information content (AvgIpc) is 3.30. The molecular weight excluding hydrogens is 575 g/mol. The van der Waals surface area contributed by atoms with E-state index in [9.17, 15) is 49.4 Å². The lowest BCUT2D eigenvalue weighted by Gasteiger charge is -2.43.